The summed E-state index contributed by atoms with van der Waals surface area (Å²) in [4.78, 5) is 8.65. The van der Waals surface area contributed by atoms with E-state index in [1.165, 1.54) is 0 Å². The van der Waals surface area contributed by atoms with Gasteiger partial charge in [-0.2, -0.15) is 4.98 Å². The Morgan fingerprint density at radius 1 is 1.53 bits per heavy atom. The highest BCUT2D eigenvalue weighted by molar-refractivity contribution is 5.42. The summed E-state index contributed by atoms with van der Waals surface area (Å²) < 4.78 is 7.22. The number of hydrogen-bond donors (Lipinski definition) is 1. The number of aromatic nitrogens is 4. The number of nitrogens with zero attached hydrogens (tertiary/aromatic N) is 4. The van der Waals surface area contributed by atoms with Gasteiger partial charge >= 0.3 is 0 Å². The zero-order chi connectivity index (χ0) is 11.8. The minimum absolute atomic E-state index is 0.316. The van der Waals surface area contributed by atoms with Crippen LogP contribution >= 0.6 is 0 Å². The van der Waals surface area contributed by atoms with Crippen molar-refractivity contribution in [2.24, 2.45) is 7.05 Å². The van der Waals surface area contributed by atoms with E-state index in [1.54, 1.807) is 6.20 Å². The lowest BCUT2D eigenvalue weighted by Gasteiger charge is -2.08. The van der Waals surface area contributed by atoms with Crippen LogP contribution in [-0.2, 0) is 7.05 Å². The van der Waals surface area contributed by atoms with Crippen molar-refractivity contribution in [3.63, 3.8) is 0 Å². The van der Waals surface area contributed by atoms with Crippen molar-refractivity contribution in [3.05, 3.63) is 18.3 Å². The highest BCUT2D eigenvalue weighted by Crippen LogP contribution is 2.27. The highest BCUT2D eigenvalue weighted by Gasteiger charge is 2.29. The predicted molar refractivity (Wildman–Crippen MR) is 61.3 cm³/mol. The van der Waals surface area contributed by atoms with Gasteiger partial charge in [0, 0.05) is 25.5 Å². The lowest BCUT2D eigenvalue weighted by Crippen LogP contribution is -2.21. The van der Waals surface area contributed by atoms with Crippen LogP contribution in [0.15, 0.2) is 16.9 Å². The minimum Gasteiger partial charge on any atom is -0.338 e. The number of nitrogens with one attached hydrogen (secondary N) is 1. The van der Waals surface area contributed by atoms with Crippen LogP contribution in [0.4, 0.5) is 0 Å². The van der Waals surface area contributed by atoms with Gasteiger partial charge < -0.3 is 14.4 Å². The van der Waals surface area contributed by atoms with Crippen LogP contribution < -0.4 is 5.32 Å². The second-order valence-corrected chi connectivity index (χ2v) is 4.46. The van der Waals surface area contributed by atoms with E-state index in [0.717, 1.165) is 18.8 Å². The monoisotopic (exact) mass is 233 g/mol. The summed E-state index contributed by atoms with van der Waals surface area (Å²) in [5.41, 5.74) is 0. The summed E-state index contributed by atoms with van der Waals surface area (Å²) in [5, 5.41) is 7.38. The third kappa shape index (κ3) is 1.74. The molecule has 6 nitrogen and oxygen atoms in total. The molecule has 90 valence electrons. The molecule has 0 spiro atoms. The molecule has 3 heterocycles. The molecule has 2 atom stereocenters. The van der Waals surface area contributed by atoms with Crippen LogP contribution in [0.2, 0.25) is 0 Å². The van der Waals surface area contributed by atoms with Gasteiger partial charge in [-0.25, -0.2) is 4.98 Å². The minimum atomic E-state index is 0.316. The lowest BCUT2D eigenvalue weighted by atomic mass is 10.0. The van der Waals surface area contributed by atoms with Gasteiger partial charge in [0.05, 0.1) is 5.92 Å². The van der Waals surface area contributed by atoms with Gasteiger partial charge in [0.25, 0.3) is 0 Å². The zero-order valence-electron chi connectivity index (χ0n) is 9.92. The summed E-state index contributed by atoms with van der Waals surface area (Å²) in [5.74, 6) is 2.32. The molecular formula is C11H15N5O. The zero-order valence-corrected chi connectivity index (χ0v) is 9.92. The van der Waals surface area contributed by atoms with Gasteiger partial charge in [0.2, 0.25) is 11.7 Å². The maximum Gasteiger partial charge on any atom is 0.238 e. The van der Waals surface area contributed by atoms with E-state index in [0.29, 0.717) is 23.7 Å². The van der Waals surface area contributed by atoms with E-state index in [9.17, 15) is 0 Å². The Morgan fingerprint density at radius 3 is 3.06 bits per heavy atom. The summed E-state index contributed by atoms with van der Waals surface area (Å²) in [7, 11) is 1.91. The SMILES string of the molecule is CC1NCCC1c1nc(-c2nccn2C)no1. The first-order valence-corrected chi connectivity index (χ1v) is 5.80. The normalized spacial score (nSPS) is 24.4. The van der Waals surface area contributed by atoms with E-state index in [4.69, 9.17) is 4.52 Å². The molecule has 1 saturated heterocycles. The van der Waals surface area contributed by atoms with Gasteiger partial charge in [0.15, 0.2) is 5.82 Å². The van der Waals surface area contributed by atoms with E-state index in [-0.39, 0.29) is 0 Å². The molecule has 3 rings (SSSR count). The first-order chi connectivity index (χ1) is 8.25. The van der Waals surface area contributed by atoms with Gasteiger partial charge in [-0.15, -0.1) is 0 Å². The Balaban J connectivity index is 1.90. The van der Waals surface area contributed by atoms with Gasteiger partial charge in [-0.05, 0) is 19.9 Å². The smallest absolute Gasteiger partial charge is 0.238 e. The second-order valence-electron chi connectivity index (χ2n) is 4.46. The molecule has 0 bridgehead atoms. The molecule has 0 amide bonds. The van der Waals surface area contributed by atoms with Crippen molar-refractivity contribution in [3.8, 4) is 11.6 Å². The lowest BCUT2D eigenvalue weighted by molar-refractivity contribution is 0.345. The van der Waals surface area contributed by atoms with E-state index in [1.807, 2.05) is 17.8 Å². The predicted octanol–water partition coefficient (Wildman–Crippen LogP) is 0.935. The third-order valence-corrected chi connectivity index (χ3v) is 3.31. The van der Waals surface area contributed by atoms with Crippen molar-refractivity contribution in [2.75, 3.05) is 6.54 Å². The van der Waals surface area contributed by atoms with Crippen molar-refractivity contribution in [1.29, 1.82) is 0 Å². The Hall–Kier alpha value is -1.69. The molecular weight excluding hydrogens is 218 g/mol. The average Bonchev–Trinajstić information content (AvgIpc) is 2.97. The average molecular weight is 233 g/mol. The summed E-state index contributed by atoms with van der Waals surface area (Å²) in [6, 6.07) is 0.393. The number of rotatable bonds is 2. The van der Waals surface area contributed by atoms with Gasteiger partial charge in [-0.3, -0.25) is 0 Å². The molecule has 6 heteroatoms. The van der Waals surface area contributed by atoms with Crippen LogP contribution in [0.5, 0.6) is 0 Å². The number of hydrogen-bond acceptors (Lipinski definition) is 5. The van der Waals surface area contributed by atoms with E-state index < -0.39 is 0 Å². The van der Waals surface area contributed by atoms with E-state index in [2.05, 4.69) is 27.4 Å². The highest BCUT2D eigenvalue weighted by atomic mass is 16.5. The maximum atomic E-state index is 5.34. The molecule has 1 aliphatic rings. The van der Waals surface area contributed by atoms with E-state index >= 15 is 0 Å². The Labute approximate surface area is 99.0 Å². The fourth-order valence-electron chi connectivity index (χ4n) is 2.25. The van der Waals surface area contributed by atoms with Crippen LogP contribution in [0.1, 0.15) is 25.2 Å². The molecule has 17 heavy (non-hydrogen) atoms. The molecule has 0 aromatic carbocycles. The number of imidazole rings is 1. The molecule has 0 aliphatic carbocycles. The van der Waals surface area contributed by atoms with Crippen LogP contribution in [0.25, 0.3) is 11.6 Å². The van der Waals surface area contributed by atoms with Crippen LogP contribution in [0, 0.1) is 0 Å². The first-order valence-electron chi connectivity index (χ1n) is 5.80. The van der Waals surface area contributed by atoms with Crippen LogP contribution in [-0.4, -0.2) is 32.3 Å². The van der Waals surface area contributed by atoms with Crippen molar-refractivity contribution >= 4 is 0 Å². The summed E-state index contributed by atoms with van der Waals surface area (Å²) >= 11 is 0. The summed E-state index contributed by atoms with van der Waals surface area (Å²) in [6.45, 7) is 3.15. The van der Waals surface area contributed by atoms with Gasteiger partial charge in [0.1, 0.15) is 0 Å². The standard InChI is InChI=1S/C11H15N5O/c1-7-8(3-4-12-7)11-14-9(15-17-11)10-13-5-6-16(10)2/h5-8,12H,3-4H2,1-2H3. The largest absolute Gasteiger partial charge is 0.338 e. The van der Waals surface area contributed by atoms with Crippen molar-refractivity contribution in [2.45, 2.75) is 25.3 Å². The Kier molecular flexibility index (Phi) is 2.44. The maximum absolute atomic E-state index is 5.34. The van der Waals surface area contributed by atoms with Crippen molar-refractivity contribution in [1.82, 2.24) is 25.0 Å². The fourth-order valence-corrected chi connectivity index (χ4v) is 2.25. The second kappa shape index (κ2) is 3.96. The topological polar surface area (TPSA) is 68.8 Å². The quantitative estimate of drug-likeness (QED) is 0.835. The molecule has 0 radical (unpaired) electrons. The molecule has 1 aliphatic heterocycles. The Bertz CT molecular complexity index is 517. The Morgan fingerprint density at radius 2 is 2.41 bits per heavy atom. The molecule has 1 fully saturated rings. The third-order valence-electron chi connectivity index (χ3n) is 3.31. The molecule has 1 N–H and O–H groups in total. The van der Waals surface area contributed by atoms with Gasteiger partial charge in [-0.1, -0.05) is 5.16 Å². The van der Waals surface area contributed by atoms with Crippen LogP contribution in [0.3, 0.4) is 0 Å². The molecule has 2 aromatic rings. The number of aryl methyl sites for hydroxylation is 1. The fraction of sp³-hybridized carbons (Fsp3) is 0.545. The van der Waals surface area contributed by atoms with Crippen molar-refractivity contribution < 1.29 is 4.52 Å². The summed E-state index contributed by atoms with van der Waals surface area (Å²) in [6.07, 6.45) is 4.64. The first kappa shape index (κ1) is 10.5. The molecule has 2 unspecified atom stereocenters. The molecule has 0 saturated carbocycles. The molecule has 2 aromatic heterocycles.